The lowest BCUT2D eigenvalue weighted by Crippen LogP contribution is -2.52. The first-order valence-electron chi connectivity index (χ1n) is 10.3. The molecule has 3 aromatic rings. The Morgan fingerprint density at radius 3 is 2.53 bits per heavy atom. The predicted molar refractivity (Wildman–Crippen MR) is 120 cm³/mol. The summed E-state index contributed by atoms with van der Waals surface area (Å²) in [5, 5.41) is 11.5. The molecule has 1 saturated heterocycles. The fourth-order valence-electron chi connectivity index (χ4n) is 3.76. The lowest BCUT2D eigenvalue weighted by molar-refractivity contribution is 0.0933. The number of nitrogens with one attached hydrogen (secondary N) is 1. The molecule has 0 bridgehead atoms. The summed E-state index contributed by atoms with van der Waals surface area (Å²) in [5.41, 5.74) is 1.80. The molecule has 10 heteroatoms. The maximum atomic E-state index is 12.8. The number of fused-ring (bicyclic) bond motifs is 1. The number of aromatic nitrogens is 3. The van der Waals surface area contributed by atoms with E-state index in [0.717, 1.165) is 12.3 Å². The van der Waals surface area contributed by atoms with E-state index < -0.39 is 0 Å². The number of rotatable bonds is 4. The van der Waals surface area contributed by atoms with E-state index in [0.29, 0.717) is 35.8 Å². The van der Waals surface area contributed by atoms with E-state index in [4.69, 9.17) is 4.74 Å². The lowest BCUT2D eigenvalue weighted by Gasteiger charge is -2.39. The number of amides is 3. The Kier molecular flexibility index (Phi) is 5.95. The Morgan fingerprint density at radius 1 is 1.09 bits per heavy atom. The molecule has 3 heterocycles. The summed E-state index contributed by atoms with van der Waals surface area (Å²) >= 11 is 0. The summed E-state index contributed by atoms with van der Waals surface area (Å²) in [4.78, 5) is 30.8. The van der Waals surface area contributed by atoms with Gasteiger partial charge in [-0.15, -0.1) is 10.2 Å². The van der Waals surface area contributed by atoms with E-state index in [1.165, 1.54) is 0 Å². The Morgan fingerprint density at radius 2 is 1.84 bits per heavy atom. The van der Waals surface area contributed by atoms with Crippen LogP contribution >= 0.6 is 0 Å². The molecule has 4 rings (SSSR count). The standard InChI is InChI=1S/C22H27N7O3/c1-26(2)22(31)28-12-11-27(3)18(14-28)20-25-24-19-10-5-15(13-29(19)20)21(30)23-16-6-8-17(32-4)9-7-16/h5-10,13,18H,11-12,14H2,1-4H3,(H,23,30). The van der Waals surface area contributed by atoms with Gasteiger partial charge in [-0.25, -0.2) is 4.79 Å². The minimum atomic E-state index is -0.238. The molecule has 1 aliphatic rings. The minimum Gasteiger partial charge on any atom is -0.497 e. The van der Waals surface area contributed by atoms with Crippen LogP contribution in [0.15, 0.2) is 42.6 Å². The molecule has 1 aromatic carbocycles. The van der Waals surface area contributed by atoms with Crippen LogP contribution < -0.4 is 10.1 Å². The fourth-order valence-corrected chi connectivity index (χ4v) is 3.76. The molecule has 1 aliphatic heterocycles. The van der Waals surface area contributed by atoms with Crippen molar-refractivity contribution in [2.24, 2.45) is 0 Å². The zero-order valence-corrected chi connectivity index (χ0v) is 18.6. The summed E-state index contributed by atoms with van der Waals surface area (Å²) < 4.78 is 6.98. The third-order valence-electron chi connectivity index (χ3n) is 5.64. The number of hydrogen-bond acceptors (Lipinski definition) is 6. The largest absolute Gasteiger partial charge is 0.497 e. The van der Waals surface area contributed by atoms with Crippen LogP contribution in [-0.2, 0) is 0 Å². The van der Waals surface area contributed by atoms with E-state index in [9.17, 15) is 9.59 Å². The van der Waals surface area contributed by atoms with Gasteiger partial charge in [0.15, 0.2) is 11.5 Å². The van der Waals surface area contributed by atoms with Crippen LogP contribution in [0, 0.1) is 0 Å². The number of ether oxygens (including phenoxy) is 1. The van der Waals surface area contributed by atoms with Crippen molar-refractivity contribution in [2.45, 2.75) is 6.04 Å². The molecule has 1 unspecified atom stereocenters. The van der Waals surface area contributed by atoms with Crippen molar-refractivity contribution in [3.8, 4) is 5.75 Å². The van der Waals surface area contributed by atoms with Gasteiger partial charge in [0, 0.05) is 45.6 Å². The van der Waals surface area contributed by atoms with Crippen molar-refractivity contribution in [3.05, 3.63) is 54.0 Å². The number of carbonyl (C=O) groups excluding carboxylic acids is 2. The molecule has 0 aliphatic carbocycles. The first kappa shape index (κ1) is 21.6. The van der Waals surface area contributed by atoms with Crippen LogP contribution in [0.5, 0.6) is 5.75 Å². The molecule has 3 amide bonds. The Hall–Kier alpha value is -3.66. The van der Waals surface area contributed by atoms with Crippen molar-refractivity contribution in [3.63, 3.8) is 0 Å². The second-order valence-corrected chi connectivity index (χ2v) is 8.01. The van der Waals surface area contributed by atoms with Gasteiger partial charge in [0.25, 0.3) is 5.91 Å². The van der Waals surface area contributed by atoms with E-state index in [-0.39, 0.29) is 18.0 Å². The molecule has 1 fully saturated rings. The normalized spacial score (nSPS) is 16.8. The predicted octanol–water partition coefficient (Wildman–Crippen LogP) is 1.96. The van der Waals surface area contributed by atoms with Crippen LogP contribution in [0.25, 0.3) is 5.65 Å². The van der Waals surface area contributed by atoms with E-state index in [1.54, 1.807) is 68.7 Å². The molecule has 1 atom stereocenters. The highest BCUT2D eigenvalue weighted by Crippen LogP contribution is 2.24. The lowest BCUT2D eigenvalue weighted by atomic mass is 10.1. The average Bonchev–Trinajstić information content (AvgIpc) is 3.22. The Bertz CT molecular complexity index is 1130. The summed E-state index contributed by atoms with van der Waals surface area (Å²) in [6.07, 6.45) is 1.74. The van der Waals surface area contributed by atoms with E-state index in [1.807, 2.05) is 16.3 Å². The molecule has 10 nitrogen and oxygen atoms in total. The number of likely N-dealkylation sites (N-methyl/N-ethyl adjacent to an activating group) is 1. The van der Waals surface area contributed by atoms with Crippen molar-refractivity contribution in [1.82, 2.24) is 29.3 Å². The molecule has 0 spiro atoms. The highest BCUT2D eigenvalue weighted by Gasteiger charge is 2.32. The van der Waals surface area contributed by atoms with Crippen LogP contribution in [0.4, 0.5) is 10.5 Å². The van der Waals surface area contributed by atoms with Crippen LogP contribution in [0.2, 0.25) is 0 Å². The van der Waals surface area contributed by atoms with Gasteiger partial charge in [0.2, 0.25) is 0 Å². The number of methoxy groups -OCH3 is 1. The third kappa shape index (κ3) is 4.22. The van der Waals surface area contributed by atoms with Crippen molar-refractivity contribution < 1.29 is 14.3 Å². The first-order valence-corrected chi connectivity index (χ1v) is 10.3. The molecular weight excluding hydrogens is 410 g/mol. The van der Waals surface area contributed by atoms with E-state index >= 15 is 0 Å². The zero-order valence-electron chi connectivity index (χ0n) is 18.6. The molecule has 1 N–H and O–H groups in total. The number of pyridine rings is 1. The Labute approximate surface area is 186 Å². The second-order valence-electron chi connectivity index (χ2n) is 8.01. The summed E-state index contributed by atoms with van der Waals surface area (Å²) in [7, 11) is 7.09. The van der Waals surface area contributed by atoms with Crippen LogP contribution in [0.1, 0.15) is 22.2 Å². The van der Waals surface area contributed by atoms with Crippen molar-refractivity contribution in [1.29, 1.82) is 0 Å². The maximum Gasteiger partial charge on any atom is 0.319 e. The number of urea groups is 1. The summed E-state index contributed by atoms with van der Waals surface area (Å²) in [5.74, 6) is 1.17. The van der Waals surface area contributed by atoms with Gasteiger partial charge in [-0.3, -0.25) is 14.1 Å². The third-order valence-corrected chi connectivity index (χ3v) is 5.64. The summed E-state index contributed by atoms with van der Waals surface area (Å²) in [6.45, 7) is 1.86. The zero-order chi connectivity index (χ0) is 22.8. The maximum absolute atomic E-state index is 12.8. The van der Waals surface area contributed by atoms with Crippen LogP contribution in [0.3, 0.4) is 0 Å². The van der Waals surface area contributed by atoms with Gasteiger partial charge in [-0.2, -0.15) is 0 Å². The number of nitrogens with zero attached hydrogens (tertiary/aromatic N) is 6. The number of anilines is 1. The fraction of sp³-hybridized carbons (Fsp3) is 0.364. The smallest absolute Gasteiger partial charge is 0.319 e. The van der Waals surface area contributed by atoms with Gasteiger partial charge < -0.3 is 19.9 Å². The highest BCUT2D eigenvalue weighted by atomic mass is 16.5. The van der Waals surface area contributed by atoms with Gasteiger partial charge in [-0.05, 0) is 43.4 Å². The average molecular weight is 438 g/mol. The molecule has 0 radical (unpaired) electrons. The van der Waals surface area contributed by atoms with Crippen molar-refractivity contribution >= 4 is 23.3 Å². The Balaban J connectivity index is 1.59. The van der Waals surface area contributed by atoms with E-state index in [2.05, 4.69) is 20.4 Å². The van der Waals surface area contributed by atoms with Crippen LogP contribution in [-0.4, -0.2) is 89.1 Å². The molecule has 32 heavy (non-hydrogen) atoms. The van der Waals surface area contributed by atoms with Gasteiger partial charge in [0.1, 0.15) is 5.75 Å². The van der Waals surface area contributed by atoms with Gasteiger partial charge in [-0.1, -0.05) is 0 Å². The minimum absolute atomic E-state index is 0.0310. The molecular formula is C22H27N7O3. The van der Waals surface area contributed by atoms with Gasteiger partial charge >= 0.3 is 6.03 Å². The summed E-state index contributed by atoms with van der Waals surface area (Å²) in [6, 6.07) is 10.5. The van der Waals surface area contributed by atoms with Crippen molar-refractivity contribution in [2.75, 3.05) is 53.2 Å². The molecule has 2 aromatic heterocycles. The number of carbonyl (C=O) groups is 2. The number of piperazine rings is 1. The molecule has 168 valence electrons. The molecule has 0 saturated carbocycles. The van der Waals surface area contributed by atoms with Gasteiger partial charge in [0.05, 0.1) is 18.7 Å². The topological polar surface area (TPSA) is 95.3 Å². The number of hydrogen-bond donors (Lipinski definition) is 1. The quantitative estimate of drug-likeness (QED) is 0.671. The SMILES string of the molecule is COc1ccc(NC(=O)c2ccc3nnc(C4CN(C(=O)N(C)C)CCN4C)n3c2)cc1. The second kappa shape index (κ2) is 8.83. The number of benzene rings is 1. The monoisotopic (exact) mass is 437 g/mol. The first-order chi connectivity index (χ1) is 15.4. The highest BCUT2D eigenvalue weighted by molar-refractivity contribution is 6.04.